The third kappa shape index (κ3) is 3.15. The molecule has 1 aromatic heterocycles. The molecule has 1 aliphatic carbocycles. The van der Waals surface area contributed by atoms with E-state index in [4.69, 9.17) is 9.15 Å². The van der Waals surface area contributed by atoms with Crippen LogP contribution in [0.4, 0.5) is 0 Å². The van der Waals surface area contributed by atoms with Crippen molar-refractivity contribution in [3.8, 4) is 11.3 Å². The SMILES string of the molecule is CC1(C)C(NC(=O)c2cccc(-c3cnco3)c2)CC1N1CCOCC1. The largest absolute Gasteiger partial charge is 0.444 e. The fourth-order valence-electron chi connectivity index (χ4n) is 4.07. The molecule has 1 amide bonds. The number of ether oxygens (including phenoxy) is 1. The molecule has 26 heavy (non-hydrogen) atoms. The van der Waals surface area contributed by atoms with Crippen molar-refractivity contribution in [2.24, 2.45) is 5.41 Å². The highest BCUT2D eigenvalue weighted by Crippen LogP contribution is 2.44. The standard InChI is InChI=1S/C20H25N3O3/c1-20(2)17(11-18(20)23-6-8-25-9-7-23)22-19(24)15-5-3-4-14(10-15)16-12-21-13-26-16/h3-5,10,12-13,17-18H,6-9,11H2,1-2H3,(H,22,24). The second-order valence-corrected chi connectivity index (χ2v) is 7.69. The van der Waals surface area contributed by atoms with Crippen LogP contribution in [-0.4, -0.2) is 54.2 Å². The highest BCUT2D eigenvalue weighted by molar-refractivity contribution is 5.95. The molecule has 2 atom stereocenters. The Balaban J connectivity index is 1.42. The number of morpholine rings is 1. The number of aromatic nitrogens is 1. The van der Waals surface area contributed by atoms with Crippen LogP contribution in [-0.2, 0) is 4.74 Å². The average molecular weight is 355 g/mol. The lowest BCUT2D eigenvalue weighted by Gasteiger charge is -2.57. The van der Waals surface area contributed by atoms with E-state index in [-0.39, 0.29) is 17.4 Å². The summed E-state index contributed by atoms with van der Waals surface area (Å²) in [6, 6.07) is 8.14. The number of nitrogens with zero attached hydrogens (tertiary/aromatic N) is 2. The molecule has 0 bridgehead atoms. The zero-order valence-electron chi connectivity index (χ0n) is 15.3. The van der Waals surface area contributed by atoms with Crippen LogP contribution in [0, 0.1) is 5.41 Å². The molecule has 6 nitrogen and oxygen atoms in total. The van der Waals surface area contributed by atoms with Gasteiger partial charge in [0.2, 0.25) is 0 Å². The number of hydrogen-bond acceptors (Lipinski definition) is 5. The van der Waals surface area contributed by atoms with Gasteiger partial charge in [0.25, 0.3) is 5.91 Å². The molecule has 1 aliphatic heterocycles. The highest BCUT2D eigenvalue weighted by Gasteiger charge is 2.51. The summed E-state index contributed by atoms with van der Waals surface area (Å²) < 4.78 is 10.8. The van der Waals surface area contributed by atoms with Gasteiger partial charge in [-0.25, -0.2) is 4.98 Å². The van der Waals surface area contributed by atoms with Crippen LogP contribution in [0.2, 0.25) is 0 Å². The van der Waals surface area contributed by atoms with Crippen molar-refractivity contribution in [1.29, 1.82) is 0 Å². The lowest BCUT2D eigenvalue weighted by Crippen LogP contribution is -2.67. The van der Waals surface area contributed by atoms with Gasteiger partial charge in [-0.05, 0) is 18.6 Å². The molecule has 1 saturated carbocycles. The second-order valence-electron chi connectivity index (χ2n) is 7.69. The molecule has 2 unspecified atom stereocenters. The monoisotopic (exact) mass is 355 g/mol. The quantitative estimate of drug-likeness (QED) is 0.913. The second kappa shape index (κ2) is 6.85. The minimum Gasteiger partial charge on any atom is -0.444 e. The first-order valence-electron chi connectivity index (χ1n) is 9.17. The summed E-state index contributed by atoms with van der Waals surface area (Å²) in [6.45, 7) is 8.05. The molecule has 1 aromatic carbocycles. The lowest BCUT2D eigenvalue weighted by molar-refractivity contribution is -0.0750. The van der Waals surface area contributed by atoms with Crippen LogP contribution in [0.3, 0.4) is 0 Å². The Kier molecular flexibility index (Phi) is 4.54. The van der Waals surface area contributed by atoms with E-state index in [0.717, 1.165) is 38.3 Å². The zero-order chi connectivity index (χ0) is 18.1. The minimum atomic E-state index is -0.0372. The maximum absolute atomic E-state index is 12.7. The fraction of sp³-hybridized carbons (Fsp3) is 0.500. The Morgan fingerprint density at radius 2 is 2.12 bits per heavy atom. The molecule has 2 aliphatic rings. The highest BCUT2D eigenvalue weighted by atomic mass is 16.5. The number of carbonyl (C=O) groups is 1. The van der Waals surface area contributed by atoms with Crippen molar-refractivity contribution >= 4 is 5.91 Å². The Bertz CT molecular complexity index is 766. The predicted octanol–water partition coefficient (Wildman–Crippen LogP) is 2.57. The van der Waals surface area contributed by atoms with Gasteiger partial charge in [0.1, 0.15) is 0 Å². The van der Waals surface area contributed by atoms with Crippen molar-refractivity contribution in [2.45, 2.75) is 32.4 Å². The molecule has 2 aromatic rings. The first-order valence-corrected chi connectivity index (χ1v) is 9.17. The molecule has 1 N–H and O–H groups in total. The van der Waals surface area contributed by atoms with Crippen molar-refractivity contribution in [1.82, 2.24) is 15.2 Å². The van der Waals surface area contributed by atoms with Crippen LogP contribution in [0.1, 0.15) is 30.6 Å². The third-order valence-corrected chi connectivity index (χ3v) is 5.85. The number of nitrogens with one attached hydrogen (secondary N) is 1. The molecular weight excluding hydrogens is 330 g/mol. The number of rotatable bonds is 4. The van der Waals surface area contributed by atoms with Gasteiger partial charge >= 0.3 is 0 Å². The predicted molar refractivity (Wildman–Crippen MR) is 97.8 cm³/mol. The number of hydrogen-bond donors (Lipinski definition) is 1. The van der Waals surface area contributed by atoms with Crippen LogP contribution in [0.25, 0.3) is 11.3 Å². The molecule has 0 spiro atoms. The van der Waals surface area contributed by atoms with Crippen molar-refractivity contribution in [3.63, 3.8) is 0 Å². The summed E-state index contributed by atoms with van der Waals surface area (Å²) >= 11 is 0. The summed E-state index contributed by atoms with van der Waals surface area (Å²) in [7, 11) is 0. The lowest BCUT2D eigenvalue weighted by atomic mass is 9.62. The summed E-state index contributed by atoms with van der Waals surface area (Å²) in [4.78, 5) is 19.2. The van der Waals surface area contributed by atoms with Crippen molar-refractivity contribution < 1.29 is 13.9 Å². The molecule has 2 fully saturated rings. The summed E-state index contributed by atoms with van der Waals surface area (Å²) in [6.07, 6.45) is 4.03. The first-order chi connectivity index (χ1) is 12.6. The van der Waals surface area contributed by atoms with E-state index in [2.05, 4.69) is 29.0 Å². The molecule has 1 saturated heterocycles. The molecular formula is C20H25N3O3. The van der Waals surface area contributed by atoms with Crippen LogP contribution in [0.15, 0.2) is 41.3 Å². The molecule has 6 heteroatoms. The molecule has 0 radical (unpaired) electrons. The number of amides is 1. The van der Waals surface area contributed by atoms with Gasteiger partial charge in [0, 0.05) is 41.7 Å². The van der Waals surface area contributed by atoms with Crippen molar-refractivity contribution in [2.75, 3.05) is 26.3 Å². The molecule has 4 rings (SSSR count). The summed E-state index contributed by atoms with van der Waals surface area (Å²) in [5.74, 6) is 0.626. The van der Waals surface area contributed by atoms with E-state index >= 15 is 0 Å². The summed E-state index contributed by atoms with van der Waals surface area (Å²) in [5.41, 5.74) is 1.55. The smallest absolute Gasteiger partial charge is 0.251 e. The number of oxazole rings is 1. The van der Waals surface area contributed by atoms with E-state index in [0.29, 0.717) is 17.4 Å². The maximum Gasteiger partial charge on any atom is 0.251 e. The van der Waals surface area contributed by atoms with Crippen LogP contribution >= 0.6 is 0 Å². The van der Waals surface area contributed by atoms with Crippen molar-refractivity contribution in [3.05, 3.63) is 42.4 Å². The normalized spacial score (nSPS) is 25.5. The van der Waals surface area contributed by atoms with E-state index in [9.17, 15) is 4.79 Å². The fourth-order valence-corrected chi connectivity index (χ4v) is 4.07. The first kappa shape index (κ1) is 17.2. The van der Waals surface area contributed by atoms with Gasteiger partial charge in [-0.3, -0.25) is 9.69 Å². The zero-order valence-corrected chi connectivity index (χ0v) is 15.3. The maximum atomic E-state index is 12.7. The number of carbonyl (C=O) groups excluding carboxylic acids is 1. The molecule has 138 valence electrons. The van der Waals surface area contributed by atoms with Gasteiger partial charge in [-0.1, -0.05) is 26.0 Å². The Hall–Kier alpha value is -2.18. The van der Waals surface area contributed by atoms with Crippen LogP contribution in [0.5, 0.6) is 0 Å². The average Bonchev–Trinajstić information content (AvgIpc) is 3.20. The minimum absolute atomic E-state index is 0.0372. The van der Waals surface area contributed by atoms with E-state index in [1.807, 2.05) is 24.3 Å². The Labute approximate surface area is 153 Å². The topological polar surface area (TPSA) is 67.6 Å². The van der Waals surface area contributed by atoms with E-state index < -0.39 is 0 Å². The van der Waals surface area contributed by atoms with E-state index in [1.165, 1.54) is 6.39 Å². The van der Waals surface area contributed by atoms with Gasteiger partial charge in [0.15, 0.2) is 12.2 Å². The Morgan fingerprint density at radius 1 is 1.31 bits per heavy atom. The summed E-state index contributed by atoms with van der Waals surface area (Å²) in [5, 5.41) is 3.22. The van der Waals surface area contributed by atoms with Crippen LogP contribution < -0.4 is 5.32 Å². The van der Waals surface area contributed by atoms with Gasteiger partial charge in [-0.2, -0.15) is 0 Å². The van der Waals surface area contributed by atoms with Gasteiger partial charge < -0.3 is 14.5 Å². The van der Waals surface area contributed by atoms with Gasteiger partial charge in [-0.15, -0.1) is 0 Å². The third-order valence-electron chi connectivity index (χ3n) is 5.85. The Morgan fingerprint density at radius 3 is 2.81 bits per heavy atom. The molecule has 2 heterocycles. The van der Waals surface area contributed by atoms with E-state index in [1.54, 1.807) is 6.20 Å². The van der Waals surface area contributed by atoms with Gasteiger partial charge in [0.05, 0.1) is 19.4 Å². The number of benzene rings is 1.